The maximum atomic E-state index is 11.5. The standard InChI is InChI=1S/C15H18N4O.C2H6/c1-3-6-13(4-2)7-8-14(20)16-11-12-19-15-17-9-5-10-18-15;1-2/h3-6,9-10H,11-12H2,1-2H3,(H,16,20)(H,17,18,19);1-2H3/b6-3-,13-4+;. The van der Waals surface area contributed by atoms with E-state index in [1.165, 1.54) is 0 Å². The molecule has 22 heavy (non-hydrogen) atoms. The lowest BCUT2D eigenvalue weighted by Gasteiger charge is -2.03. The summed E-state index contributed by atoms with van der Waals surface area (Å²) >= 11 is 0. The molecule has 118 valence electrons. The predicted octanol–water partition coefficient (Wildman–Crippen LogP) is 2.56. The van der Waals surface area contributed by atoms with Crippen LogP contribution >= 0.6 is 0 Å². The average Bonchev–Trinajstić information content (AvgIpc) is 2.58. The summed E-state index contributed by atoms with van der Waals surface area (Å²) in [6.45, 7) is 8.79. The summed E-state index contributed by atoms with van der Waals surface area (Å²) < 4.78 is 0. The topological polar surface area (TPSA) is 66.9 Å². The largest absolute Gasteiger partial charge is 0.352 e. The molecule has 0 aliphatic heterocycles. The smallest absolute Gasteiger partial charge is 0.296 e. The molecule has 0 saturated heterocycles. The molecule has 0 fully saturated rings. The van der Waals surface area contributed by atoms with E-state index in [0.29, 0.717) is 19.0 Å². The van der Waals surface area contributed by atoms with Crippen molar-refractivity contribution >= 4 is 11.9 Å². The van der Waals surface area contributed by atoms with Gasteiger partial charge in [-0.3, -0.25) is 4.79 Å². The zero-order valence-electron chi connectivity index (χ0n) is 13.7. The highest BCUT2D eigenvalue weighted by atomic mass is 16.1. The van der Waals surface area contributed by atoms with Gasteiger partial charge in [-0.15, -0.1) is 0 Å². The first-order chi connectivity index (χ1) is 10.8. The minimum atomic E-state index is -0.301. The number of hydrogen-bond acceptors (Lipinski definition) is 4. The third kappa shape index (κ3) is 9.32. The highest BCUT2D eigenvalue weighted by Gasteiger charge is 1.95. The molecule has 0 spiro atoms. The van der Waals surface area contributed by atoms with Gasteiger partial charge in [0.25, 0.3) is 5.91 Å². The Labute approximate surface area is 133 Å². The number of aromatic nitrogens is 2. The zero-order chi connectivity index (χ0) is 16.6. The first-order valence-corrected chi connectivity index (χ1v) is 7.36. The zero-order valence-corrected chi connectivity index (χ0v) is 13.7. The van der Waals surface area contributed by atoms with E-state index in [1.807, 2.05) is 45.9 Å². The van der Waals surface area contributed by atoms with Gasteiger partial charge in [-0.2, -0.15) is 0 Å². The maximum absolute atomic E-state index is 11.5. The maximum Gasteiger partial charge on any atom is 0.296 e. The fourth-order valence-corrected chi connectivity index (χ4v) is 1.30. The third-order valence-corrected chi connectivity index (χ3v) is 2.24. The number of nitrogens with zero attached hydrogens (tertiary/aromatic N) is 2. The van der Waals surface area contributed by atoms with Crippen LogP contribution in [0.15, 0.2) is 42.3 Å². The average molecular weight is 300 g/mol. The second-order valence-electron chi connectivity index (χ2n) is 3.75. The summed E-state index contributed by atoms with van der Waals surface area (Å²) in [5.41, 5.74) is 0.818. The number of amides is 1. The van der Waals surface area contributed by atoms with Crippen LogP contribution in [0.1, 0.15) is 27.7 Å². The Bertz CT molecular complexity index is 539. The molecule has 1 rings (SSSR count). The van der Waals surface area contributed by atoms with Crippen molar-refractivity contribution in [3.05, 3.63) is 42.3 Å². The van der Waals surface area contributed by atoms with Crippen molar-refractivity contribution in [3.63, 3.8) is 0 Å². The summed E-state index contributed by atoms with van der Waals surface area (Å²) in [6.07, 6.45) is 8.90. The van der Waals surface area contributed by atoms with E-state index in [0.717, 1.165) is 5.57 Å². The molecule has 0 unspecified atom stereocenters. The Morgan fingerprint density at radius 1 is 1.18 bits per heavy atom. The molecule has 0 aliphatic rings. The number of allylic oxidation sites excluding steroid dienone is 4. The van der Waals surface area contributed by atoms with Crippen LogP contribution in [0.25, 0.3) is 0 Å². The number of carbonyl (C=O) groups excluding carboxylic acids is 1. The summed E-state index contributed by atoms with van der Waals surface area (Å²) in [5.74, 6) is 5.57. The van der Waals surface area contributed by atoms with E-state index in [-0.39, 0.29) is 5.91 Å². The molecule has 1 heterocycles. The van der Waals surface area contributed by atoms with E-state index in [9.17, 15) is 4.79 Å². The van der Waals surface area contributed by atoms with Crippen LogP contribution in [0.5, 0.6) is 0 Å². The van der Waals surface area contributed by atoms with Crippen LogP contribution in [0.4, 0.5) is 5.95 Å². The van der Waals surface area contributed by atoms with E-state index in [4.69, 9.17) is 0 Å². The van der Waals surface area contributed by atoms with E-state index >= 15 is 0 Å². The lowest BCUT2D eigenvalue weighted by Crippen LogP contribution is -2.27. The lowest BCUT2D eigenvalue weighted by atomic mass is 10.2. The van der Waals surface area contributed by atoms with Gasteiger partial charge in [0.2, 0.25) is 5.95 Å². The number of anilines is 1. The Morgan fingerprint density at radius 3 is 2.45 bits per heavy atom. The molecule has 1 aromatic heterocycles. The van der Waals surface area contributed by atoms with E-state index in [2.05, 4.69) is 32.4 Å². The van der Waals surface area contributed by atoms with Crippen molar-refractivity contribution in [3.8, 4) is 11.8 Å². The molecule has 5 heteroatoms. The summed E-state index contributed by atoms with van der Waals surface area (Å²) in [7, 11) is 0. The monoisotopic (exact) mass is 300 g/mol. The van der Waals surface area contributed by atoms with E-state index in [1.54, 1.807) is 18.5 Å². The van der Waals surface area contributed by atoms with Crippen LogP contribution in [-0.4, -0.2) is 29.0 Å². The molecule has 0 aromatic carbocycles. The third-order valence-electron chi connectivity index (χ3n) is 2.24. The van der Waals surface area contributed by atoms with Gasteiger partial charge in [-0.1, -0.05) is 38.0 Å². The molecule has 0 radical (unpaired) electrons. The number of hydrogen-bond donors (Lipinski definition) is 2. The molecule has 0 aliphatic carbocycles. The number of carbonyl (C=O) groups is 1. The van der Waals surface area contributed by atoms with Crippen LogP contribution in [0, 0.1) is 11.8 Å². The number of nitrogens with one attached hydrogen (secondary N) is 2. The second-order valence-corrected chi connectivity index (χ2v) is 3.75. The molecular weight excluding hydrogens is 276 g/mol. The van der Waals surface area contributed by atoms with Gasteiger partial charge < -0.3 is 10.6 Å². The quantitative estimate of drug-likeness (QED) is 0.498. The van der Waals surface area contributed by atoms with Gasteiger partial charge in [0.15, 0.2) is 0 Å². The van der Waals surface area contributed by atoms with Crippen LogP contribution < -0.4 is 10.6 Å². The first kappa shape index (κ1) is 19.4. The van der Waals surface area contributed by atoms with Crippen LogP contribution in [0.3, 0.4) is 0 Å². The SMILES string of the molecule is C/C=C\C(C#CC(=O)NCCNc1ncccn1)=C/C.CC. The van der Waals surface area contributed by atoms with Crippen LogP contribution in [-0.2, 0) is 4.79 Å². The van der Waals surface area contributed by atoms with E-state index < -0.39 is 0 Å². The molecule has 5 nitrogen and oxygen atoms in total. The molecule has 0 bridgehead atoms. The predicted molar refractivity (Wildman–Crippen MR) is 91.2 cm³/mol. The van der Waals surface area contributed by atoms with Gasteiger partial charge in [-0.05, 0) is 19.9 Å². The van der Waals surface area contributed by atoms with Gasteiger partial charge in [0.1, 0.15) is 0 Å². The molecule has 1 amide bonds. The second kappa shape index (κ2) is 13.4. The van der Waals surface area contributed by atoms with Crippen molar-refractivity contribution in [1.82, 2.24) is 15.3 Å². The highest BCUT2D eigenvalue weighted by Crippen LogP contribution is 1.93. The van der Waals surface area contributed by atoms with Crippen molar-refractivity contribution < 1.29 is 4.79 Å². The molecule has 2 N–H and O–H groups in total. The molecule has 0 saturated carbocycles. The minimum absolute atomic E-state index is 0.301. The first-order valence-electron chi connectivity index (χ1n) is 7.36. The van der Waals surface area contributed by atoms with Crippen LogP contribution in [0.2, 0.25) is 0 Å². The fourth-order valence-electron chi connectivity index (χ4n) is 1.30. The fraction of sp³-hybridized carbons (Fsp3) is 0.353. The Morgan fingerprint density at radius 2 is 1.86 bits per heavy atom. The van der Waals surface area contributed by atoms with Gasteiger partial charge in [0.05, 0.1) is 0 Å². The molecular formula is C17H24N4O. The Balaban J connectivity index is 0.00000211. The van der Waals surface area contributed by atoms with Gasteiger partial charge >= 0.3 is 0 Å². The summed E-state index contributed by atoms with van der Waals surface area (Å²) in [5, 5.41) is 5.68. The lowest BCUT2D eigenvalue weighted by molar-refractivity contribution is -0.115. The Hall–Kier alpha value is -2.61. The Kier molecular flexibility index (Phi) is 11.8. The number of rotatable bonds is 5. The molecule has 0 atom stereocenters. The van der Waals surface area contributed by atoms with Crippen molar-refractivity contribution in [1.29, 1.82) is 0 Å². The van der Waals surface area contributed by atoms with Gasteiger partial charge in [-0.25, -0.2) is 9.97 Å². The summed E-state index contributed by atoms with van der Waals surface area (Å²) in [4.78, 5) is 19.5. The highest BCUT2D eigenvalue weighted by molar-refractivity contribution is 5.94. The molecule has 1 aromatic rings. The normalized spacial score (nSPS) is 10.1. The van der Waals surface area contributed by atoms with Crippen molar-refractivity contribution in [2.75, 3.05) is 18.4 Å². The van der Waals surface area contributed by atoms with Gasteiger partial charge in [0, 0.05) is 37.0 Å². The minimum Gasteiger partial charge on any atom is -0.352 e. The summed E-state index contributed by atoms with van der Waals surface area (Å²) in [6, 6.07) is 1.74. The van der Waals surface area contributed by atoms with Crippen molar-refractivity contribution in [2.24, 2.45) is 0 Å². The van der Waals surface area contributed by atoms with Crippen molar-refractivity contribution in [2.45, 2.75) is 27.7 Å².